The van der Waals surface area contributed by atoms with Crippen molar-refractivity contribution < 1.29 is 52.4 Å². The zero-order chi connectivity index (χ0) is 31.0. The zero-order valence-corrected chi connectivity index (χ0v) is 25.5. The van der Waals surface area contributed by atoms with Crippen molar-refractivity contribution in [1.82, 2.24) is 0 Å². The second-order valence-corrected chi connectivity index (χ2v) is 12.4. The van der Waals surface area contributed by atoms with Crippen molar-refractivity contribution in [3.05, 3.63) is 23.3 Å². The molecule has 0 bridgehead atoms. The lowest BCUT2D eigenvalue weighted by molar-refractivity contribution is -0.258. The molecule has 42 heavy (non-hydrogen) atoms. The first-order valence-corrected chi connectivity index (χ1v) is 14.5. The van der Waals surface area contributed by atoms with Crippen molar-refractivity contribution in [3.8, 4) is 0 Å². The molecule has 0 radical (unpaired) electrons. The number of allylic oxidation sites excluding steroid dienone is 1. The van der Waals surface area contributed by atoms with E-state index in [1.165, 1.54) is 26.8 Å². The number of hydrogen-bond donors (Lipinski definition) is 0. The van der Waals surface area contributed by atoms with E-state index in [0.717, 1.165) is 0 Å². The highest BCUT2D eigenvalue weighted by Crippen LogP contribution is 2.69. The minimum absolute atomic E-state index is 0.00742. The summed E-state index contributed by atoms with van der Waals surface area (Å²) in [5.41, 5.74) is -1.64. The minimum Gasteiger partial charge on any atom is -0.465 e. The molecule has 0 amide bonds. The van der Waals surface area contributed by atoms with Gasteiger partial charge >= 0.3 is 29.8 Å². The SMILES string of the molecule is C/C=C(/C)C(=O)O[C@@H]1CC[C@]2(CO2)[C@]2(COC(C)=O)[C@@H](OC(C)=O)C[C@@H](C)[C@](C)(C[C@H](OC(C)=O)C3=CC(=O)OC3)[C@@H]12. The van der Waals surface area contributed by atoms with Gasteiger partial charge in [-0.05, 0) is 50.9 Å². The topological polar surface area (TPSA) is 144 Å². The first-order chi connectivity index (χ1) is 19.7. The summed E-state index contributed by atoms with van der Waals surface area (Å²) in [5, 5.41) is 0. The van der Waals surface area contributed by atoms with Gasteiger partial charge in [0.1, 0.15) is 37.1 Å². The van der Waals surface area contributed by atoms with Crippen molar-refractivity contribution in [2.75, 3.05) is 19.8 Å². The molecule has 2 aliphatic carbocycles. The van der Waals surface area contributed by atoms with Gasteiger partial charge in [-0.2, -0.15) is 0 Å². The molecular weight excluding hydrogens is 548 g/mol. The van der Waals surface area contributed by atoms with Gasteiger partial charge in [0.25, 0.3) is 0 Å². The highest BCUT2D eigenvalue weighted by molar-refractivity contribution is 5.87. The predicted molar refractivity (Wildman–Crippen MR) is 146 cm³/mol. The first-order valence-electron chi connectivity index (χ1n) is 14.5. The number of fused-ring (bicyclic) bond motifs is 2. The molecule has 11 nitrogen and oxygen atoms in total. The van der Waals surface area contributed by atoms with Crippen LogP contribution in [0.5, 0.6) is 0 Å². The standard InChI is InChI=1S/C31H42O11/c1-8-17(2)28(36)42-23-9-10-30(15-39-30)31(16-38-19(4)32)25(41-21(6)34)11-18(3)29(7,27(23)31)13-24(40-20(5)33)22-12-26(35)37-14-22/h8,12,18,23-25,27H,9-11,13-16H2,1-7H3/b17-8-/t18-,23-,24+,25+,27-,29+,30+,31-/m1/s1. The Labute approximate surface area is 246 Å². The van der Waals surface area contributed by atoms with Crippen LogP contribution in [0.2, 0.25) is 0 Å². The lowest BCUT2D eigenvalue weighted by Gasteiger charge is -2.64. The largest absolute Gasteiger partial charge is 0.465 e. The summed E-state index contributed by atoms with van der Waals surface area (Å²) in [6, 6.07) is 0. The number of rotatable bonds is 9. The molecule has 4 rings (SSSR count). The minimum atomic E-state index is -1.07. The molecule has 2 heterocycles. The lowest BCUT2D eigenvalue weighted by atomic mass is 9.42. The molecule has 1 spiro atoms. The molecule has 11 heteroatoms. The van der Waals surface area contributed by atoms with Gasteiger partial charge in [-0.3, -0.25) is 14.4 Å². The summed E-state index contributed by atoms with van der Waals surface area (Å²) in [5.74, 6) is -3.22. The van der Waals surface area contributed by atoms with Crippen molar-refractivity contribution >= 4 is 29.8 Å². The third-order valence-electron chi connectivity index (χ3n) is 9.95. The highest BCUT2D eigenvalue weighted by Gasteiger charge is 2.77. The van der Waals surface area contributed by atoms with E-state index in [1.807, 2.05) is 13.8 Å². The summed E-state index contributed by atoms with van der Waals surface area (Å²) < 4.78 is 35.1. The maximum absolute atomic E-state index is 13.2. The Morgan fingerprint density at radius 2 is 1.79 bits per heavy atom. The molecule has 1 saturated heterocycles. The van der Waals surface area contributed by atoms with E-state index in [-0.39, 0.29) is 25.6 Å². The molecule has 0 unspecified atom stereocenters. The fourth-order valence-corrected chi connectivity index (χ4v) is 7.62. The van der Waals surface area contributed by atoms with Crippen LogP contribution in [0.3, 0.4) is 0 Å². The molecule has 3 fully saturated rings. The van der Waals surface area contributed by atoms with Gasteiger partial charge in [-0.1, -0.05) is 19.9 Å². The Bertz CT molecular complexity index is 1200. The van der Waals surface area contributed by atoms with Gasteiger partial charge in [0.15, 0.2) is 0 Å². The van der Waals surface area contributed by atoms with Gasteiger partial charge in [0.2, 0.25) is 0 Å². The normalized spacial score (nSPS) is 36.2. The van der Waals surface area contributed by atoms with E-state index in [0.29, 0.717) is 37.0 Å². The third-order valence-corrected chi connectivity index (χ3v) is 9.95. The Balaban J connectivity index is 1.90. The molecule has 232 valence electrons. The van der Waals surface area contributed by atoms with Gasteiger partial charge in [-0.25, -0.2) is 9.59 Å². The van der Waals surface area contributed by atoms with E-state index in [2.05, 4.69) is 0 Å². The maximum atomic E-state index is 13.2. The molecule has 0 aromatic carbocycles. The molecule has 2 aliphatic heterocycles. The van der Waals surface area contributed by atoms with Gasteiger partial charge < -0.3 is 28.4 Å². The van der Waals surface area contributed by atoms with E-state index in [9.17, 15) is 24.0 Å². The van der Waals surface area contributed by atoms with E-state index in [4.69, 9.17) is 28.4 Å². The van der Waals surface area contributed by atoms with Crippen molar-refractivity contribution in [3.63, 3.8) is 0 Å². The monoisotopic (exact) mass is 590 g/mol. The Morgan fingerprint density at radius 3 is 2.31 bits per heavy atom. The average Bonchev–Trinajstić information content (AvgIpc) is 3.56. The molecule has 0 N–H and O–H groups in total. The molecule has 0 aromatic heterocycles. The van der Waals surface area contributed by atoms with Crippen LogP contribution >= 0.6 is 0 Å². The number of ether oxygens (including phenoxy) is 6. The summed E-state index contributed by atoms with van der Waals surface area (Å²) in [6.07, 6.45) is 2.45. The smallest absolute Gasteiger partial charge is 0.333 e. The van der Waals surface area contributed by atoms with Crippen LogP contribution in [0.25, 0.3) is 0 Å². The third kappa shape index (κ3) is 5.72. The molecule has 8 atom stereocenters. The van der Waals surface area contributed by atoms with Crippen LogP contribution in [0.4, 0.5) is 0 Å². The zero-order valence-electron chi connectivity index (χ0n) is 25.5. The van der Waals surface area contributed by atoms with Crippen molar-refractivity contribution in [2.45, 2.75) is 98.1 Å². The number of esters is 5. The quantitative estimate of drug-likeness (QED) is 0.169. The van der Waals surface area contributed by atoms with Crippen LogP contribution in [-0.2, 0) is 52.4 Å². The van der Waals surface area contributed by atoms with Gasteiger partial charge in [-0.15, -0.1) is 0 Å². The summed E-state index contributed by atoms with van der Waals surface area (Å²) in [7, 11) is 0. The van der Waals surface area contributed by atoms with Crippen LogP contribution in [0.15, 0.2) is 23.3 Å². The number of carbonyl (C=O) groups is 5. The maximum Gasteiger partial charge on any atom is 0.333 e. The predicted octanol–water partition coefficient (Wildman–Crippen LogP) is 3.38. The summed E-state index contributed by atoms with van der Waals surface area (Å²) >= 11 is 0. The molecule has 4 aliphatic rings. The van der Waals surface area contributed by atoms with Gasteiger partial charge in [0, 0.05) is 43.9 Å². The Hall–Kier alpha value is -3.21. The van der Waals surface area contributed by atoms with E-state index in [1.54, 1.807) is 19.9 Å². The van der Waals surface area contributed by atoms with E-state index >= 15 is 0 Å². The first kappa shape index (κ1) is 31.7. The number of cyclic esters (lactones) is 1. The Morgan fingerprint density at radius 1 is 1.10 bits per heavy atom. The second-order valence-electron chi connectivity index (χ2n) is 12.4. The van der Waals surface area contributed by atoms with Crippen LogP contribution in [-0.4, -0.2) is 73.6 Å². The molecule has 2 saturated carbocycles. The fraction of sp³-hybridized carbons (Fsp3) is 0.710. The van der Waals surface area contributed by atoms with Crippen LogP contribution < -0.4 is 0 Å². The summed E-state index contributed by atoms with van der Waals surface area (Å²) in [4.78, 5) is 62.2. The number of epoxide rings is 1. The number of carbonyl (C=O) groups excluding carboxylic acids is 5. The van der Waals surface area contributed by atoms with Crippen LogP contribution in [0.1, 0.15) is 74.1 Å². The second kappa shape index (κ2) is 11.8. The highest BCUT2D eigenvalue weighted by atomic mass is 16.6. The Kier molecular flexibility index (Phi) is 8.92. The lowest BCUT2D eigenvalue weighted by Crippen LogP contribution is -2.71. The van der Waals surface area contributed by atoms with Crippen molar-refractivity contribution in [1.29, 1.82) is 0 Å². The van der Waals surface area contributed by atoms with E-state index < -0.39 is 70.5 Å². The summed E-state index contributed by atoms with van der Waals surface area (Å²) in [6.45, 7) is 11.7. The molecular formula is C31H42O11. The fourth-order valence-electron chi connectivity index (χ4n) is 7.62. The van der Waals surface area contributed by atoms with Crippen LogP contribution in [0, 0.1) is 22.7 Å². The van der Waals surface area contributed by atoms with Gasteiger partial charge in [0.05, 0.1) is 12.0 Å². The molecule has 0 aromatic rings. The number of hydrogen-bond acceptors (Lipinski definition) is 11. The van der Waals surface area contributed by atoms with Crippen molar-refractivity contribution in [2.24, 2.45) is 22.7 Å². The average molecular weight is 591 g/mol.